The summed E-state index contributed by atoms with van der Waals surface area (Å²) in [5.74, 6) is 0.339. The zero-order chi connectivity index (χ0) is 20.9. The van der Waals surface area contributed by atoms with Crippen molar-refractivity contribution >= 4 is 45.0 Å². The third-order valence-corrected chi connectivity index (χ3v) is 6.66. The van der Waals surface area contributed by atoms with Gasteiger partial charge in [-0.25, -0.2) is 8.42 Å². The average molecular weight is 441 g/mol. The highest BCUT2D eigenvalue weighted by Crippen LogP contribution is 2.28. The van der Waals surface area contributed by atoms with Gasteiger partial charge >= 0.3 is 0 Å². The molecule has 0 unspecified atom stereocenters. The Hall–Kier alpha value is -1.70. The largest absolute Gasteiger partial charge is 0.353 e. The lowest BCUT2D eigenvalue weighted by atomic mass is 10.2. The van der Waals surface area contributed by atoms with E-state index in [1.54, 1.807) is 43.8 Å². The Kier molecular flexibility index (Phi) is 7.80. The van der Waals surface area contributed by atoms with Gasteiger partial charge in [0.2, 0.25) is 15.9 Å². The fourth-order valence-corrected chi connectivity index (χ4v) is 4.89. The van der Waals surface area contributed by atoms with Gasteiger partial charge in [-0.05, 0) is 50.6 Å². The summed E-state index contributed by atoms with van der Waals surface area (Å²) in [6, 6.07) is 12.3. The minimum absolute atomic E-state index is 0.352. The fraction of sp³-hybridized carbons (Fsp3) is 0.350. The molecule has 0 aliphatic heterocycles. The van der Waals surface area contributed by atoms with E-state index in [9.17, 15) is 13.2 Å². The number of nitrogens with zero attached hydrogens (tertiary/aromatic N) is 1. The van der Waals surface area contributed by atoms with Crippen LogP contribution in [0.5, 0.6) is 0 Å². The molecule has 0 aliphatic carbocycles. The van der Waals surface area contributed by atoms with E-state index in [1.165, 1.54) is 5.56 Å². The Labute approximate surface area is 176 Å². The highest BCUT2D eigenvalue weighted by molar-refractivity contribution is 7.99. The summed E-state index contributed by atoms with van der Waals surface area (Å²) < 4.78 is 25.9. The molecule has 0 heterocycles. The van der Waals surface area contributed by atoms with Gasteiger partial charge in [-0.15, -0.1) is 11.8 Å². The predicted octanol–water partition coefficient (Wildman–Crippen LogP) is 4.02. The Bertz CT molecular complexity index is 931. The van der Waals surface area contributed by atoms with E-state index < -0.39 is 16.1 Å². The SMILES string of the molecule is Cc1ccc(SCCNC(=O)[C@H](C)N(c2cc(Cl)ccc2C)S(C)(=O)=O)cc1. The van der Waals surface area contributed by atoms with Crippen LogP contribution in [0.25, 0.3) is 0 Å². The first-order valence-corrected chi connectivity index (χ1v) is 12.0. The molecule has 0 bridgehead atoms. The zero-order valence-corrected chi connectivity index (χ0v) is 18.8. The van der Waals surface area contributed by atoms with Gasteiger partial charge in [0.05, 0.1) is 11.9 Å². The third-order valence-electron chi connectivity index (χ3n) is 4.19. The molecule has 0 saturated heterocycles. The van der Waals surface area contributed by atoms with Gasteiger partial charge in [-0.1, -0.05) is 35.4 Å². The van der Waals surface area contributed by atoms with Gasteiger partial charge in [0, 0.05) is 22.2 Å². The van der Waals surface area contributed by atoms with Crippen LogP contribution in [-0.2, 0) is 14.8 Å². The first-order valence-electron chi connectivity index (χ1n) is 8.82. The molecule has 5 nitrogen and oxygen atoms in total. The number of nitrogens with one attached hydrogen (secondary N) is 1. The van der Waals surface area contributed by atoms with E-state index in [0.29, 0.717) is 23.0 Å². The van der Waals surface area contributed by atoms with Gasteiger partial charge in [0.15, 0.2) is 0 Å². The van der Waals surface area contributed by atoms with E-state index in [-0.39, 0.29) is 5.91 Å². The topological polar surface area (TPSA) is 66.5 Å². The lowest BCUT2D eigenvalue weighted by Crippen LogP contribution is -2.48. The number of anilines is 1. The molecular weight excluding hydrogens is 416 g/mol. The van der Waals surface area contributed by atoms with E-state index in [4.69, 9.17) is 11.6 Å². The molecule has 0 spiro atoms. The van der Waals surface area contributed by atoms with Crippen LogP contribution in [0.4, 0.5) is 5.69 Å². The monoisotopic (exact) mass is 440 g/mol. The van der Waals surface area contributed by atoms with E-state index in [2.05, 4.69) is 5.32 Å². The molecule has 0 saturated carbocycles. The number of rotatable bonds is 8. The van der Waals surface area contributed by atoms with E-state index >= 15 is 0 Å². The van der Waals surface area contributed by atoms with Crippen molar-refractivity contribution in [3.8, 4) is 0 Å². The Morgan fingerprint density at radius 2 is 1.82 bits per heavy atom. The molecule has 0 radical (unpaired) electrons. The molecular formula is C20H25ClN2O3S2. The Balaban J connectivity index is 2.03. The lowest BCUT2D eigenvalue weighted by molar-refractivity contribution is -0.121. The van der Waals surface area contributed by atoms with Crippen LogP contribution < -0.4 is 9.62 Å². The van der Waals surface area contributed by atoms with Crippen LogP contribution in [-0.4, -0.2) is 38.9 Å². The normalized spacial score (nSPS) is 12.5. The van der Waals surface area contributed by atoms with E-state index in [1.807, 2.05) is 31.2 Å². The van der Waals surface area contributed by atoms with Crippen LogP contribution in [0.2, 0.25) is 5.02 Å². The average Bonchev–Trinajstić information content (AvgIpc) is 2.62. The van der Waals surface area contributed by atoms with Crippen molar-refractivity contribution in [1.82, 2.24) is 5.32 Å². The second-order valence-electron chi connectivity index (χ2n) is 6.62. The summed E-state index contributed by atoms with van der Waals surface area (Å²) in [5.41, 5.74) is 2.33. The third kappa shape index (κ3) is 6.15. The highest BCUT2D eigenvalue weighted by atomic mass is 35.5. The maximum absolute atomic E-state index is 12.6. The summed E-state index contributed by atoms with van der Waals surface area (Å²) in [5, 5.41) is 3.23. The number of aryl methyl sites for hydroxylation is 2. The minimum Gasteiger partial charge on any atom is -0.353 e. The maximum atomic E-state index is 12.6. The van der Waals surface area contributed by atoms with Crippen LogP contribution in [0.3, 0.4) is 0 Å². The Morgan fingerprint density at radius 3 is 2.43 bits per heavy atom. The van der Waals surface area contributed by atoms with Gasteiger partial charge in [0.1, 0.15) is 6.04 Å². The number of thioether (sulfide) groups is 1. The molecule has 2 aromatic rings. The molecule has 2 aromatic carbocycles. The molecule has 0 aliphatic rings. The van der Waals surface area contributed by atoms with Gasteiger partial charge in [-0.2, -0.15) is 0 Å². The van der Waals surface area contributed by atoms with Crippen LogP contribution in [0, 0.1) is 13.8 Å². The molecule has 28 heavy (non-hydrogen) atoms. The molecule has 152 valence electrons. The smallest absolute Gasteiger partial charge is 0.243 e. The van der Waals surface area contributed by atoms with Crippen molar-refractivity contribution in [2.45, 2.75) is 31.7 Å². The van der Waals surface area contributed by atoms with Crippen LogP contribution >= 0.6 is 23.4 Å². The number of sulfonamides is 1. The summed E-state index contributed by atoms with van der Waals surface area (Å²) in [7, 11) is -3.67. The fourth-order valence-electron chi connectivity index (χ4n) is 2.73. The number of benzene rings is 2. The summed E-state index contributed by atoms with van der Waals surface area (Å²) in [6.07, 6.45) is 1.09. The van der Waals surface area contributed by atoms with Crippen molar-refractivity contribution in [3.63, 3.8) is 0 Å². The molecule has 0 fully saturated rings. The second kappa shape index (κ2) is 9.67. The first kappa shape index (κ1) is 22.6. The predicted molar refractivity (Wildman–Crippen MR) is 118 cm³/mol. The molecule has 1 N–H and O–H groups in total. The number of amides is 1. The van der Waals surface area contributed by atoms with Crippen molar-refractivity contribution in [1.29, 1.82) is 0 Å². The summed E-state index contributed by atoms with van der Waals surface area (Å²) in [4.78, 5) is 13.7. The van der Waals surface area contributed by atoms with Gasteiger partial charge in [0.25, 0.3) is 0 Å². The van der Waals surface area contributed by atoms with Crippen molar-refractivity contribution < 1.29 is 13.2 Å². The number of carbonyl (C=O) groups is 1. The van der Waals surface area contributed by atoms with E-state index in [0.717, 1.165) is 21.0 Å². The standard InChI is InChI=1S/C20H25ClN2O3S2/c1-14-5-9-18(10-6-14)27-12-11-22-20(24)16(3)23(28(4,25)26)19-13-17(21)8-7-15(19)2/h5-10,13,16H,11-12H2,1-4H3,(H,22,24)/t16-/m0/s1. The number of halogens is 1. The quantitative estimate of drug-likeness (QED) is 0.497. The molecule has 2 rings (SSSR count). The van der Waals surface area contributed by atoms with Gasteiger partial charge < -0.3 is 5.32 Å². The van der Waals surface area contributed by atoms with Crippen LogP contribution in [0.1, 0.15) is 18.1 Å². The molecule has 0 aromatic heterocycles. The van der Waals surface area contributed by atoms with Crippen molar-refractivity contribution in [3.05, 3.63) is 58.6 Å². The molecule has 1 amide bonds. The maximum Gasteiger partial charge on any atom is 0.243 e. The first-order chi connectivity index (χ1) is 13.1. The summed E-state index contributed by atoms with van der Waals surface area (Å²) >= 11 is 7.67. The second-order valence-corrected chi connectivity index (χ2v) is 10.1. The van der Waals surface area contributed by atoms with Gasteiger partial charge in [-0.3, -0.25) is 9.10 Å². The van der Waals surface area contributed by atoms with Crippen molar-refractivity contribution in [2.75, 3.05) is 22.9 Å². The Morgan fingerprint density at radius 1 is 1.18 bits per heavy atom. The molecule has 8 heteroatoms. The zero-order valence-electron chi connectivity index (χ0n) is 16.4. The number of carbonyl (C=O) groups excluding carboxylic acids is 1. The number of hydrogen-bond donors (Lipinski definition) is 1. The van der Waals surface area contributed by atoms with Crippen molar-refractivity contribution in [2.24, 2.45) is 0 Å². The lowest BCUT2D eigenvalue weighted by Gasteiger charge is -2.29. The summed E-state index contributed by atoms with van der Waals surface area (Å²) in [6.45, 7) is 5.83. The van der Waals surface area contributed by atoms with Crippen LogP contribution in [0.15, 0.2) is 47.4 Å². The minimum atomic E-state index is -3.67. The highest BCUT2D eigenvalue weighted by Gasteiger charge is 2.30. The number of hydrogen-bond acceptors (Lipinski definition) is 4. The molecule has 1 atom stereocenters.